The molecule has 0 unspecified atom stereocenters. The normalized spacial score (nSPS) is 21.1. The Bertz CT molecular complexity index is 1410. The van der Waals surface area contributed by atoms with Gasteiger partial charge in [0.05, 0.1) is 11.7 Å². The Hall–Kier alpha value is -3.48. The molecular formula is C28H29N5O2. The summed E-state index contributed by atoms with van der Waals surface area (Å²) in [5.74, 6) is 1.83. The monoisotopic (exact) mass is 467 g/mol. The third-order valence-corrected chi connectivity index (χ3v) is 8.08. The van der Waals surface area contributed by atoms with Crippen LogP contribution in [0, 0.1) is 18.8 Å². The molecule has 2 saturated carbocycles. The van der Waals surface area contributed by atoms with Crippen LogP contribution in [0.4, 0.5) is 0 Å². The quantitative estimate of drug-likeness (QED) is 0.576. The van der Waals surface area contributed by atoms with Gasteiger partial charge in [0.2, 0.25) is 5.91 Å². The molecule has 7 nitrogen and oxygen atoms in total. The fourth-order valence-electron chi connectivity index (χ4n) is 5.74. The third kappa shape index (κ3) is 3.32. The van der Waals surface area contributed by atoms with Crippen molar-refractivity contribution in [2.45, 2.75) is 38.1 Å². The number of amides is 2. The first-order chi connectivity index (χ1) is 16.9. The van der Waals surface area contributed by atoms with Gasteiger partial charge < -0.3 is 4.90 Å². The maximum atomic E-state index is 13.3. The van der Waals surface area contributed by atoms with Gasteiger partial charge in [-0.05, 0) is 61.4 Å². The Kier molecular flexibility index (Phi) is 4.33. The third-order valence-electron chi connectivity index (χ3n) is 8.08. The van der Waals surface area contributed by atoms with Crippen LogP contribution in [0.25, 0.3) is 22.0 Å². The van der Waals surface area contributed by atoms with E-state index < -0.39 is 5.54 Å². The molecule has 35 heavy (non-hydrogen) atoms. The van der Waals surface area contributed by atoms with E-state index in [1.54, 1.807) is 0 Å². The SMILES string of the molecule is Cc1cc(-c2ccc(C3=NC4(CC4)C(=O)N3CC3CN(C(=O)C4CC4)C3)cc2)cc2cnn(C)c12. The standard InChI is InChI=1S/C28H29N5O2/c1-17-11-22(12-23-13-29-31(2)24(17)23)19-3-5-20(6-4-19)25-30-28(9-10-28)27(35)33(25)16-18-14-32(15-18)26(34)21-7-8-21/h3-6,11-13,18,21H,7-10,14-16H2,1-2H3. The van der Waals surface area contributed by atoms with Gasteiger partial charge in [0.1, 0.15) is 11.4 Å². The maximum Gasteiger partial charge on any atom is 0.256 e. The highest BCUT2D eigenvalue weighted by atomic mass is 16.2. The minimum absolute atomic E-state index is 0.140. The number of benzene rings is 2. The molecule has 0 radical (unpaired) electrons. The second-order valence-electron chi connectivity index (χ2n) is 10.8. The number of aliphatic imine (C=N–C) groups is 1. The molecular weight excluding hydrogens is 438 g/mol. The summed E-state index contributed by atoms with van der Waals surface area (Å²) >= 11 is 0. The molecule has 0 bridgehead atoms. The molecule has 2 aliphatic carbocycles. The van der Waals surface area contributed by atoms with E-state index in [9.17, 15) is 9.59 Å². The lowest BCUT2D eigenvalue weighted by atomic mass is 9.97. The van der Waals surface area contributed by atoms with E-state index in [0.29, 0.717) is 18.4 Å². The van der Waals surface area contributed by atoms with Gasteiger partial charge >= 0.3 is 0 Å². The summed E-state index contributed by atoms with van der Waals surface area (Å²) in [7, 11) is 1.97. The molecule has 0 N–H and O–H groups in total. The first kappa shape index (κ1) is 20.9. The van der Waals surface area contributed by atoms with Crippen molar-refractivity contribution >= 4 is 28.6 Å². The number of aryl methyl sites for hydroxylation is 2. The Morgan fingerprint density at radius 3 is 2.46 bits per heavy atom. The smallest absolute Gasteiger partial charge is 0.256 e. The number of hydrogen-bond donors (Lipinski definition) is 0. The highest BCUT2D eigenvalue weighted by molar-refractivity contribution is 6.16. The Morgan fingerprint density at radius 1 is 1.06 bits per heavy atom. The fourth-order valence-corrected chi connectivity index (χ4v) is 5.74. The first-order valence-corrected chi connectivity index (χ1v) is 12.7. The van der Waals surface area contributed by atoms with E-state index in [-0.39, 0.29) is 11.8 Å². The molecule has 2 aromatic carbocycles. The molecule has 3 aromatic rings. The van der Waals surface area contributed by atoms with Gasteiger partial charge in [0.15, 0.2) is 0 Å². The molecule has 4 aliphatic rings. The predicted octanol–water partition coefficient (Wildman–Crippen LogP) is 3.54. The van der Waals surface area contributed by atoms with Crippen LogP contribution < -0.4 is 0 Å². The van der Waals surface area contributed by atoms with Crippen molar-refractivity contribution in [3.05, 3.63) is 53.7 Å². The predicted molar refractivity (Wildman–Crippen MR) is 134 cm³/mol. The molecule has 7 rings (SSSR count). The summed E-state index contributed by atoms with van der Waals surface area (Å²) in [5, 5.41) is 5.53. The lowest BCUT2D eigenvalue weighted by molar-refractivity contribution is -0.139. The number of amidine groups is 1. The summed E-state index contributed by atoms with van der Waals surface area (Å²) < 4.78 is 1.91. The van der Waals surface area contributed by atoms with Crippen molar-refractivity contribution in [2.75, 3.05) is 19.6 Å². The van der Waals surface area contributed by atoms with Gasteiger partial charge in [-0.2, -0.15) is 5.10 Å². The van der Waals surface area contributed by atoms with Crippen LogP contribution in [0.15, 0.2) is 47.6 Å². The summed E-state index contributed by atoms with van der Waals surface area (Å²) in [6.07, 6.45) is 5.66. The lowest BCUT2D eigenvalue weighted by Gasteiger charge is -2.41. The summed E-state index contributed by atoms with van der Waals surface area (Å²) in [4.78, 5) is 34.3. The van der Waals surface area contributed by atoms with Crippen LogP contribution in [-0.4, -0.2) is 62.4 Å². The van der Waals surface area contributed by atoms with Crippen molar-refractivity contribution in [1.29, 1.82) is 0 Å². The van der Waals surface area contributed by atoms with Crippen molar-refractivity contribution in [3.8, 4) is 11.1 Å². The van der Waals surface area contributed by atoms with E-state index in [2.05, 4.69) is 48.4 Å². The molecule has 3 fully saturated rings. The van der Waals surface area contributed by atoms with E-state index in [1.807, 2.05) is 27.7 Å². The van der Waals surface area contributed by atoms with Crippen molar-refractivity contribution in [1.82, 2.24) is 19.6 Å². The van der Waals surface area contributed by atoms with Gasteiger partial charge in [0, 0.05) is 49.5 Å². The molecule has 0 atom stereocenters. The van der Waals surface area contributed by atoms with Crippen LogP contribution >= 0.6 is 0 Å². The number of carbonyl (C=O) groups excluding carboxylic acids is 2. The van der Waals surface area contributed by atoms with Gasteiger partial charge in [0.25, 0.3) is 5.91 Å². The molecule has 2 aliphatic heterocycles. The Morgan fingerprint density at radius 2 is 1.77 bits per heavy atom. The zero-order chi connectivity index (χ0) is 23.9. The topological polar surface area (TPSA) is 70.8 Å². The molecule has 1 saturated heterocycles. The number of hydrogen-bond acceptors (Lipinski definition) is 4. The molecule has 178 valence electrons. The van der Waals surface area contributed by atoms with Crippen molar-refractivity contribution in [2.24, 2.45) is 23.9 Å². The number of nitrogens with zero attached hydrogens (tertiary/aromatic N) is 5. The highest BCUT2D eigenvalue weighted by Crippen LogP contribution is 2.46. The van der Waals surface area contributed by atoms with Crippen LogP contribution in [0.5, 0.6) is 0 Å². The fraction of sp³-hybridized carbons (Fsp3) is 0.429. The van der Waals surface area contributed by atoms with Gasteiger partial charge in [-0.15, -0.1) is 0 Å². The summed E-state index contributed by atoms with van der Waals surface area (Å²) in [6.45, 7) is 4.28. The van der Waals surface area contributed by atoms with Crippen LogP contribution in [0.2, 0.25) is 0 Å². The van der Waals surface area contributed by atoms with Crippen LogP contribution in [0.3, 0.4) is 0 Å². The first-order valence-electron chi connectivity index (χ1n) is 12.7. The Balaban J connectivity index is 1.12. The highest BCUT2D eigenvalue weighted by Gasteiger charge is 2.57. The van der Waals surface area contributed by atoms with E-state index in [0.717, 1.165) is 72.2 Å². The molecule has 3 heterocycles. The minimum atomic E-state index is -0.524. The average molecular weight is 468 g/mol. The molecule has 1 aromatic heterocycles. The second-order valence-corrected chi connectivity index (χ2v) is 10.8. The second kappa shape index (κ2) is 7.26. The van der Waals surface area contributed by atoms with Gasteiger partial charge in [-0.1, -0.05) is 24.3 Å². The summed E-state index contributed by atoms with van der Waals surface area (Å²) in [5.41, 5.74) is 5.10. The van der Waals surface area contributed by atoms with Crippen molar-refractivity contribution < 1.29 is 9.59 Å². The number of carbonyl (C=O) groups is 2. The number of aromatic nitrogens is 2. The molecule has 7 heteroatoms. The maximum absolute atomic E-state index is 13.3. The number of fused-ring (bicyclic) bond motifs is 1. The van der Waals surface area contributed by atoms with E-state index in [4.69, 9.17) is 4.99 Å². The van der Waals surface area contributed by atoms with Crippen LogP contribution in [0.1, 0.15) is 36.8 Å². The van der Waals surface area contributed by atoms with Gasteiger partial charge in [-0.25, -0.2) is 0 Å². The van der Waals surface area contributed by atoms with Crippen molar-refractivity contribution in [3.63, 3.8) is 0 Å². The van der Waals surface area contributed by atoms with Crippen LogP contribution in [-0.2, 0) is 16.6 Å². The lowest BCUT2D eigenvalue weighted by Crippen LogP contribution is -2.55. The van der Waals surface area contributed by atoms with E-state index >= 15 is 0 Å². The average Bonchev–Trinajstić information content (AvgIpc) is 3.74. The zero-order valence-corrected chi connectivity index (χ0v) is 20.2. The molecule has 1 spiro atoms. The minimum Gasteiger partial charge on any atom is -0.342 e. The largest absolute Gasteiger partial charge is 0.342 e. The van der Waals surface area contributed by atoms with E-state index in [1.165, 1.54) is 5.56 Å². The number of rotatable bonds is 5. The number of likely N-dealkylation sites (tertiary alicyclic amines) is 1. The Labute approximate surface area is 204 Å². The molecule has 2 amide bonds. The summed E-state index contributed by atoms with van der Waals surface area (Å²) in [6, 6.07) is 12.8. The zero-order valence-electron chi connectivity index (χ0n) is 20.2. The van der Waals surface area contributed by atoms with Gasteiger partial charge in [-0.3, -0.25) is 24.2 Å².